The quantitative estimate of drug-likeness (QED) is 0.616. The Balaban J connectivity index is 1.75. The maximum Gasteiger partial charge on any atom is 0.312 e. The number of hydrogen-bond donors (Lipinski definition) is 0. The number of amides is 1. The van der Waals surface area contributed by atoms with Crippen molar-refractivity contribution < 1.29 is 19.1 Å². The van der Waals surface area contributed by atoms with Crippen LogP contribution >= 0.6 is 11.6 Å². The highest BCUT2D eigenvalue weighted by atomic mass is 35.5. The third-order valence-corrected chi connectivity index (χ3v) is 5.04. The van der Waals surface area contributed by atoms with Gasteiger partial charge in [-0.25, -0.2) is 0 Å². The van der Waals surface area contributed by atoms with Crippen molar-refractivity contribution >= 4 is 29.2 Å². The Kier molecular flexibility index (Phi) is 2.86. The SMILES string of the molecule is COC(=O)[C@@H]1[C@H]2C=C[C@@]3(CN(c4ccccc4Cl)C(=O)[C@@H]13)O2. The summed E-state index contributed by atoms with van der Waals surface area (Å²) in [5.74, 6) is -1.69. The second kappa shape index (κ2) is 4.57. The second-order valence-electron chi connectivity index (χ2n) is 5.80. The smallest absolute Gasteiger partial charge is 0.312 e. The molecule has 22 heavy (non-hydrogen) atoms. The molecule has 0 aliphatic carbocycles. The normalized spacial score (nSPS) is 35.1. The van der Waals surface area contributed by atoms with E-state index in [0.717, 1.165) is 0 Å². The molecule has 3 aliphatic rings. The Morgan fingerprint density at radius 1 is 1.45 bits per heavy atom. The summed E-state index contributed by atoms with van der Waals surface area (Å²) in [5.41, 5.74) is -0.109. The molecule has 5 nitrogen and oxygen atoms in total. The van der Waals surface area contributed by atoms with E-state index in [-0.39, 0.29) is 12.0 Å². The van der Waals surface area contributed by atoms with Gasteiger partial charge in [0.05, 0.1) is 36.4 Å². The molecule has 2 saturated heterocycles. The summed E-state index contributed by atoms with van der Waals surface area (Å²) in [6.45, 7) is 0.362. The molecule has 0 saturated carbocycles. The van der Waals surface area contributed by atoms with Gasteiger partial charge in [0.2, 0.25) is 5.91 Å². The van der Waals surface area contributed by atoms with Gasteiger partial charge in [0.1, 0.15) is 11.5 Å². The largest absolute Gasteiger partial charge is 0.469 e. The number of carbonyl (C=O) groups is 2. The van der Waals surface area contributed by atoms with Crippen molar-refractivity contribution in [2.24, 2.45) is 11.8 Å². The van der Waals surface area contributed by atoms with Crippen LogP contribution in [0.15, 0.2) is 36.4 Å². The van der Waals surface area contributed by atoms with Gasteiger partial charge in [0.25, 0.3) is 0 Å². The zero-order chi connectivity index (χ0) is 15.5. The van der Waals surface area contributed by atoms with Crippen LogP contribution in [0.25, 0.3) is 0 Å². The first-order valence-electron chi connectivity index (χ1n) is 7.08. The molecule has 4 atom stereocenters. The van der Waals surface area contributed by atoms with Gasteiger partial charge in [-0.15, -0.1) is 0 Å². The van der Waals surface area contributed by atoms with Crippen LogP contribution in [0.3, 0.4) is 0 Å². The van der Waals surface area contributed by atoms with Crippen molar-refractivity contribution in [3.63, 3.8) is 0 Å². The van der Waals surface area contributed by atoms with Gasteiger partial charge in [0.15, 0.2) is 0 Å². The number of para-hydroxylation sites is 1. The van der Waals surface area contributed by atoms with Crippen molar-refractivity contribution in [3.8, 4) is 0 Å². The van der Waals surface area contributed by atoms with Crippen LogP contribution in [0.2, 0.25) is 5.02 Å². The Hall–Kier alpha value is -1.85. The third-order valence-electron chi connectivity index (χ3n) is 4.72. The van der Waals surface area contributed by atoms with Gasteiger partial charge in [-0.05, 0) is 12.1 Å². The van der Waals surface area contributed by atoms with Gasteiger partial charge in [0, 0.05) is 0 Å². The van der Waals surface area contributed by atoms with Crippen LogP contribution in [0, 0.1) is 11.8 Å². The molecule has 2 fully saturated rings. The maximum absolute atomic E-state index is 12.9. The summed E-state index contributed by atoms with van der Waals surface area (Å²) >= 11 is 6.21. The number of hydrogen-bond acceptors (Lipinski definition) is 4. The summed E-state index contributed by atoms with van der Waals surface area (Å²) in [6.07, 6.45) is 3.37. The van der Waals surface area contributed by atoms with Gasteiger partial charge < -0.3 is 14.4 Å². The fraction of sp³-hybridized carbons (Fsp3) is 0.375. The van der Waals surface area contributed by atoms with Crippen molar-refractivity contribution in [3.05, 3.63) is 41.4 Å². The molecule has 2 bridgehead atoms. The molecule has 1 spiro atoms. The van der Waals surface area contributed by atoms with E-state index in [1.54, 1.807) is 17.0 Å². The Labute approximate surface area is 132 Å². The van der Waals surface area contributed by atoms with E-state index < -0.39 is 23.4 Å². The van der Waals surface area contributed by atoms with E-state index in [0.29, 0.717) is 17.3 Å². The van der Waals surface area contributed by atoms with Crippen LogP contribution in [-0.2, 0) is 19.1 Å². The second-order valence-corrected chi connectivity index (χ2v) is 6.21. The van der Waals surface area contributed by atoms with Crippen LogP contribution < -0.4 is 4.90 Å². The fourth-order valence-corrected chi connectivity index (χ4v) is 4.02. The van der Waals surface area contributed by atoms with Crippen LogP contribution in [-0.4, -0.2) is 37.2 Å². The predicted molar refractivity (Wildman–Crippen MR) is 79.5 cm³/mol. The maximum atomic E-state index is 12.9. The summed E-state index contributed by atoms with van der Waals surface area (Å²) in [7, 11) is 1.33. The molecular formula is C16H14ClNO4. The molecule has 1 amide bonds. The zero-order valence-electron chi connectivity index (χ0n) is 11.9. The molecule has 1 aromatic rings. The standard InChI is InChI=1S/C16H14ClNO4/c1-21-15(20)12-11-6-7-16(22-11)8-18(14(19)13(12)16)10-5-3-2-4-9(10)17/h2-7,11-13H,8H2,1H3/t11-,12-,13-,16+/m1/s1. The van der Waals surface area contributed by atoms with Gasteiger partial charge in [-0.3, -0.25) is 9.59 Å². The van der Waals surface area contributed by atoms with E-state index in [2.05, 4.69) is 0 Å². The summed E-state index contributed by atoms with van der Waals surface area (Å²) < 4.78 is 10.8. The number of nitrogens with zero attached hydrogens (tertiary/aromatic N) is 1. The first kappa shape index (κ1) is 13.8. The Morgan fingerprint density at radius 3 is 2.95 bits per heavy atom. The van der Waals surface area contributed by atoms with E-state index >= 15 is 0 Å². The average Bonchev–Trinajstić information content (AvgIpc) is 3.15. The molecule has 4 rings (SSSR count). The highest BCUT2D eigenvalue weighted by molar-refractivity contribution is 6.34. The summed E-state index contributed by atoms with van der Waals surface area (Å²) in [6, 6.07) is 7.17. The van der Waals surface area contributed by atoms with E-state index in [1.165, 1.54) is 7.11 Å². The number of fused-ring (bicyclic) bond motifs is 1. The van der Waals surface area contributed by atoms with Crippen molar-refractivity contribution in [1.29, 1.82) is 0 Å². The number of anilines is 1. The van der Waals surface area contributed by atoms with Gasteiger partial charge in [-0.2, -0.15) is 0 Å². The fourth-order valence-electron chi connectivity index (χ4n) is 3.78. The van der Waals surface area contributed by atoms with Crippen LogP contribution in [0.5, 0.6) is 0 Å². The first-order valence-corrected chi connectivity index (χ1v) is 7.46. The van der Waals surface area contributed by atoms with E-state index in [1.807, 2.05) is 24.3 Å². The lowest BCUT2D eigenvalue weighted by atomic mass is 9.77. The Morgan fingerprint density at radius 2 is 2.23 bits per heavy atom. The van der Waals surface area contributed by atoms with E-state index in [9.17, 15) is 9.59 Å². The lowest BCUT2D eigenvalue weighted by molar-refractivity contribution is -0.149. The minimum Gasteiger partial charge on any atom is -0.469 e. The monoisotopic (exact) mass is 319 g/mol. The molecule has 0 N–H and O–H groups in total. The third kappa shape index (κ3) is 1.63. The molecule has 0 unspecified atom stereocenters. The number of methoxy groups -OCH3 is 1. The number of carbonyl (C=O) groups excluding carboxylic acids is 2. The Bertz CT molecular complexity index is 703. The first-order chi connectivity index (χ1) is 10.6. The molecule has 6 heteroatoms. The summed E-state index contributed by atoms with van der Waals surface area (Å²) in [4.78, 5) is 26.6. The molecular weight excluding hydrogens is 306 g/mol. The molecule has 0 aromatic heterocycles. The van der Waals surface area contributed by atoms with Crippen LogP contribution in [0.4, 0.5) is 5.69 Å². The minimum atomic E-state index is -0.750. The number of esters is 1. The number of ether oxygens (including phenoxy) is 2. The number of halogens is 1. The lowest BCUT2D eigenvalue weighted by Gasteiger charge is -2.22. The highest BCUT2D eigenvalue weighted by Gasteiger charge is 2.67. The van der Waals surface area contributed by atoms with Crippen molar-refractivity contribution in [1.82, 2.24) is 0 Å². The highest BCUT2D eigenvalue weighted by Crippen LogP contribution is 2.53. The number of benzene rings is 1. The summed E-state index contributed by atoms with van der Waals surface area (Å²) in [5, 5.41) is 0.500. The lowest BCUT2D eigenvalue weighted by Crippen LogP contribution is -2.39. The number of rotatable bonds is 2. The van der Waals surface area contributed by atoms with Gasteiger partial charge in [-0.1, -0.05) is 35.9 Å². The molecule has 3 heterocycles. The molecule has 0 radical (unpaired) electrons. The van der Waals surface area contributed by atoms with E-state index in [4.69, 9.17) is 21.1 Å². The molecule has 3 aliphatic heterocycles. The minimum absolute atomic E-state index is 0.143. The molecule has 114 valence electrons. The van der Waals surface area contributed by atoms with Crippen LogP contribution in [0.1, 0.15) is 0 Å². The zero-order valence-corrected chi connectivity index (χ0v) is 12.6. The van der Waals surface area contributed by atoms with Crippen molar-refractivity contribution in [2.75, 3.05) is 18.6 Å². The topological polar surface area (TPSA) is 55.8 Å². The van der Waals surface area contributed by atoms with Gasteiger partial charge >= 0.3 is 5.97 Å². The molecule has 1 aromatic carbocycles. The van der Waals surface area contributed by atoms with Crippen molar-refractivity contribution in [2.45, 2.75) is 11.7 Å². The average molecular weight is 320 g/mol. The predicted octanol–water partition coefficient (Wildman–Crippen LogP) is 1.80.